The third-order valence-corrected chi connectivity index (χ3v) is 6.12. The van der Waals surface area contributed by atoms with Crippen LogP contribution < -0.4 is 0 Å². The Bertz CT molecular complexity index is 863. The second-order valence-corrected chi connectivity index (χ2v) is 8.11. The number of benzene rings is 3. The number of nitrogens with zero attached hydrogens (tertiary/aromatic N) is 1. The van der Waals surface area contributed by atoms with Crippen molar-refractivity contribution in [2.24, 2.45) is 5.92 Å². The minimum absolute atomic E-state index is 0.282. The fraction of sp³-hybridized carbons (Fsp3) is 0.296. The van der Waals surface area contributed by atoms with E-state index in [-0.39, 0.29) is 5.92 Å². The molecule has 160 valence electrons. The Balaban J connectivity index is 1.65. The van der Waals surface area contributed by atoms with Crippen molar-refractivity contribution in [3.05, 3.63) is 108 Å². The summed E-state index contributed by atoms with van der Waals surface area (Å²) < 4.78 is 6.80. The van der Waals surface area contributed by atoms with Crippen LogP contribution in [0.25, 0.3) is 0 Å². The highest BCUT2D eigenvalue weighted by Crippen LogP contribution is 2.40. The van der Waals surface area contributed by atoms with Crippen LogP contribution in [0.5, 0.6) is 0 Å². The minimum Gasteiger partial charge on any atom is -0.481 e. The van der Waals surface area contributed by atoms with Gasteiger partial charge in [-0.05, 0) is 36.1 Å². The monoisotopic (exact) mass is 415 g/mol. The molecule has 1 fully saturated rings. The van der Waals surface area contributed by atoms with Crippen LogP contribution in [0, 0.1) is 5.92 Å². The Morgan fingerprint density at radius 3 is 1.81 bits per heavy atom. The van der Waals surface area contributed by atoms with Gasteiger partial charge in [0.1, 0.15) is 5.60 Å². The van der Waals surface area contributed by atoms with E-state index < -0.39 is 11.6 Å². The Morgan fingerprint density at radius 2 is 1.35 bits per heavy atom. The fourth-order valence-corrected chi connectivity index (χ4v) is 4.56. The highest BCUT2D eigenvalue weighted by atomic mass is 16.5. The first-order valence-corrected chi connectivity index (χ1v) is 11.0. The molecule has 1 aliphatic heterocycles. The van der Waals surface area contributed by atoms with Crippen molar-refractivity contribution >= 4 is 5.97 Å². The van der Waals surface area contributed by atoms with Crippen molar-refractivity contribution in [1.82, 2.24) is 4.90 Å². The van der Waals surface area contributed by atoms with Gasteiger partial charge in [-0.2, -0.15) is 0 Å². The molecule has 4 rings (SSSR count). The Morgan fingerprint density at radius 1 is 0.871 bits per heavy atom. The van der Waals surface area contributed by atoms with Crippen LogP contribution >= 0.6 is 0 Å². The van der Waals surface area contributed by atoms with E-state index in [1.165, 1.54) is 0 Å². The minimum atomic E-state index is -0.730. The van der Waals surface area contributed by atoms with Gasteiger partial charge in [0.25, 0.3) is 0 Å². The second-order valence-electron chi connectivity index (χ2n) is 8.11. The number of ether oxygens (including phenoxy) is 1. The maximum atomic E-state index is 11.4. The summed E-state index contributed by atoms with van der Waals surface area (Å²) in [4.78, 5) is 13.6. The highest BCUT2D eigenvalue weighted by molar-refractivity contribution is 5.70. The molecule has 4 nitrogen and oxygen atoms in total. The van der Waals surface area contributed by atoms with Crippen LogP contribution in [0.1, 0.15) is 29.5 Å². The Labute approximate surface area is 184 Å². The predicted octanol–water partition coefficient (Wildman–Crippen LogP) is 4.79. The van der Waals surface area contributed by atoms with Crippen molar-refractivity contribution in [3.8, 4) is 0 Å². The van der Waals surface area contributed by atoms with Crippen molar-refractivity contribution in [2.75, 3.05) is 26.2 Å². The molecular weight excluding hydrogens is 386 g/mol. The standard InChI is InChI=1S/C27H29NO3/c29-26(30)22-11-10-18-28(21-22)19-20-31-27(23-12-4-1-5-13-23,24-14-6-2-7-15-24)25-16-8-3-9-17-25/h1-9,12-17,22H,10-11,18-21H2,(H,29,30)/t22-/m1/s1. The van der Waals surface area contributed by atoms with Gasteiger partial charge >= 0.3 is 5.97 Å². The van der Waals surface area contributed by atoms with Gasteiger partial charge in [-0.1, -0.05) is 91.0 Å². The van der Waals surface area contributed by atoms with Crippen LogP contribution in [0.4, 0.5) is 0 Å². The predicted molar refractivity (Wildman–Crippen MR) is 122 cm³/mol. The van der Waals surface area contributed by atoms with E-state index >= 15 is 0 Å². The zero-order valence-corrected chi connectivity index (χ0v) is 17.7. The molecule has 1 N–H and O–H groups in total. The number of likely N-dealkylation sites (tertiary alicyclic amines) is 1. The Kier molecular flexibility index (Phi) is 6.80. The molecule has 0 unspecified atom stereocenters. The van der Waals surface area contributed by atoms with Gasteiger partial charge in [0.05, 0.1) is 12.5 Å². The number of rotatable bonds is 8. The van der Waals surface area contributed by atoms with Crippen LogP contribution in [0.3, 0.4) is 0 Å². The van der Waals surface area contributed by atoms with E-state index in [1.807, 2.05) is 54.6 Å². The van der Waals surface area contributed by atoms with Crippen LogP contribution in [0.2, 0.25) is 0 Å². The normalized spacial score (nSPS) is 17.4. The summed E-state index contributed by atoms with van der Waals surface area (Å²) in [6, 6.07) is 31.0. The first-order valence-electron chi connectivity index (χ1n) is 11.0. The number of hydrogen-bond acceptors (Lipinski definition) is 3. The zero-order valence-electron chi connectivity index (χ0n) is 17.7. The van der Waals surface area contributed by atoms with Crippen LogP contribution in [0.15, 0.2) is 91.0 Å². The molecule has 1 heterocycles. The van der Waals surface area contributed by atoms with E-state index in [9.17, 15) is 9.90 Å². The summed E-state index contributed by atoms with van der Waals surface area (Å²) in [5.74, 6) is -0.978. The summed E-state index contributed by atoms with van der Waals surface area (Å²) in [6.45, 7) is 2.72. The molecular formula is C27H29NO3. The van der Waals surface area contributed by atoms with Gasteiger partial charge in [-0.3, -0.25) is 4.79 Å². The first kappa shape index (κ1) is 21.3. The van der Waals surface area contributed by atoms with E-state index in [0.717, 1.165) is 36.1 Å². The molecule has 0 saturated carbocycles. The lowest BCUT2D eigenvalue weighted by Crippen LogP contribution is -2.42. The molecule has 0 aromatic heterocycles. The maximum absolute atomic E-state index is 11.4. The third kappa shape index (κ3) is 4.71. The quantitative estimate of drug-likeness (QED) is 0.538. The Hall–Kier alpha value is -2.95. The van der Waals surface area contributed by atoms with Crippen molar-refractivity contribution in [3.63, 3.8) is 0 Å². The third-order valence-electron chi connectivity index (χ3n) is 6.12. The lowest BCUT2D eigenvalue weighted by atomic mass is 9.80. The lowest BCUT2D eigenvalue weighted by molar-refractivity contribution is -0.143. The van der Waals surface area contributed by atoms with Gasteiger partial charge in [0, 0.05) is 13.1 Å². The van der Waals surface area contributed by atoms with E-state index in [2.05, 4.69) is 41.3 Å². The SMILES string of the molecule is O=C(O)[C@@H]1CCCN(CCOC(c2ccccc2)(c2ccccc2)c2ccccc2)C1. The van der Waals surface area contributed by atoms with Crippen LogP contribution in [-0.2, 0) is 15.1 Å². The van der Waals surface area contributed by atoms with E-state index in [0.29, 0.717) is 19.7 Å². The van der Waals surface area contributed by atoms with Crippen molar-refractivity contribution in [2.45, 2.75) is 18.4 Å². The first-order chi connectivity index (χ1) is 15.2. The van der Waals surface area contributed by atoms with Gasteiger partial charge in [-0.15, -0.1) is 0 Å². The summed E-state index contributed by atoms with van der Waals surface area (Å²) in [6.07, 6.45) is 1.67. The molecule has 1 atom stereocenters. The van der Waals surface area contributed by atoms with Gasteiger partial charge in [-0.25, -0.2) is 0 Å². The summed E-state index contributed by atoms with van der Waals surface area (Å²) in [5, 5.41) is 9.40. The molecule has 1 saturated heterocycles. The largest absolute Gasteiger partial charge is 0.481 e. The molecule has 4 heteroatoms. The lowest BCUT2D eigenvalue weighted by Gasteiger charge is -2.37. The molecule has 0 spiro atoms. The molecule has 0 amide bonds. The van der Waals surface area contributed by atoms with E-state index in [4.69, 9.17) is 4.74 Å². The topological polar surface area (TPSA) is 49.8 Å². The van der Waals surface area contributed by atoms with E-state index in [1.54, 1.807) is 0 Å². The summed E-state index contributed by atoms with van der Waals surface area (Å²) >= 11 is 0. The average molecular weight is 416 g/mol. The van der Waals surface area contributed by atoms with Gasteiger partial charge in [0.15, 0.2) is 0 Å². The average Bonchev–Trinajstić information content (AvgIpc) is 2.84. The van der Waals surface area contributed by atoms with Gasteiger partial charge in [0.2, 0.25) is 0 Å². The molecule has 0 bridgehead atoms. The summed E-state index contributed by atoms with van der Waals surface area (Å²) in [7, 11) is 0. The molecule has 31 heavy (non-hydrogen) atoms. The molecule has 1 aliphatic rings. The highest BCUT2D eigenvalue weighted by Gasteiger charge is 2.37. The smallest absolute Gasteiger partial charge is 0.307 e. The zero-order chi connectivity index (χ0) is 21.5. The molecule has 3 aromatic carbocycles. The number of hydrogen-bond donors (Lipinski definition) is 1. The number of carbonyl (C=O) groups is 1. The number of carboxylic acids is 1. The fourth-order valence-electron chi connectivity index (χ4n) is 4.56. The number of aliphatic carboxylic acids is 1. The molecule has 3 aromatic rings. The maximum Gasteiger partial charge on any atom is 0.307 e. The number of carboxylic acid groups (broad SMARTS) is 1. The van der Waals surface area contributed by atoms with Crippen LogP contribution in [-0.4, -0.2) is 42.2 Å². The second kappa shape index (κ2) is 9.90. The van der Waals surface area contributed by atoms with Crippen molar-refractivity contribution in [1.29, 1.82) is 0 Å². The molecule has 0 aliphatic carbocycles. The van der Waals surface area contributed by atoms with Crippen molar-refractivity contribution < 1.29 is 14.6 Å². The number of piperidine rings is 1. The van der Waals surface area contributed by atoms with Gasteiger partial charge < -0.3 is 14.7 Å². The summed E-state index contributed by atoms with van der Waals surface area (Å²) in [5.41, 5.74) is 2.50. The molecule has 0 radical (unpaired) electrons.